The summed E-state index contributed by atoms with van der Waals surface area (Å²) < 4.78 is 5.24. The molecule has 2 N–H and O–H groups in total. The number of rotatable bonds is 3. The molecule has 0 saturated carbocycles. The summed E-state index contributed by atoms with van der Waals surface area (Å²) in [4.78, 5) is 32.1. The highest BCUT2D eigenvalue weighted by Crippen LogP contribution is 2.25. The Morgan fingerprint density at radius 1 is 1.03 bits per heavy atom. The van der Waals surface area contributed by atoms with Gasteiger partial charge < -0.3 is 19.9 Å². The zero-order chi connectivity index (χ0) is 25.1. The molecule has 0 spiro atoms. The first kappa shape index (κ1) is 23.4. The van der Waals surface area contributed by atoms with Crippen molar-refractivity contribution >= 4 is 34.5 Å². The van der Waals surface area contributed by atoms with Crippen LogP contribution in [0.25, 0.3) is 17.0 Å². The van der Waals surface area contributed by atoms with Crippen LogP contribution in [0.4, 0.5) is 5.69 Å². The van der Waals surface area contributed by atoms with Crippen LogP contribution in [-0.4, -0.2) is 37.0 Å². The van der Waals surface area contributed by atoms with Crippen molar-refractivity contribution in [1.29, 1.82) is 0 Å². The number of benzene rings is 3. The standard InChI is InChI=1S/C30H29N3O3/c1-33(22-13-15-23(36-2)16-14-22)30(35)28-18-21-9-5-7-20(17-21)8-6-12-27-25(19-29(34)32-28)24-10-3-4-11-26(24)31-27/h3-11,13-17,28,31H,12,18-19H2,1-2H3,(H,32,34)/b8-6+/t28-/m0/s1. The van der Waals surface area contributed by atoms with Crippen LogP contribution in [-0.2, 0) is 28.9 Å². The Labute approximate surface area is 210 Å². The van der Waals surface area contributed by atoms with Crippen LogP contribution in [0.3, 0.4) is 0 Å². The van der Waals surface area contributed by atoms with Crippen LogP contribution in [0.5, 0.6) is 5.75 Å². The van der Waals surface area contributed by atoms with Gasteiger partial charge in [-0.1, -0.05) is 54.6 Å². The SMILES string of the molecule is COc1ccc(N(C)C(=O)[C@@H]2Cc3cccc(c3)/C=C/Cc3[nH]c4ccccc4c3CC(=O)N2)cc1. The number of methoxy groups -OCH3 is 1. The molecule has 2 amide bonds. The molecule has 0 unspecified atom stereocenters. The number of H-pyrrole nitrogens is 1. The smallest absolute Gasteiger partial charge is 0.249 e. The van der Waals surface area contributed by atoms with Gasteiger partial charge in [0.05, 0.1) is 13.5 Å². The van der Waals surface area contributed by atoms with Gasteiger partial charge in [0.2, 0.25) is 11.8 Å². The van der Waals surface area contributed by atoms with Crippen molar-refractivity contribution in [3.05, 3.63) is 101 Å². The van der Waals surface area contributed by atoms with Gasteiger partial charge in [-0.3, -0.25) is 9.59 Å². The monoisotopic (exact) mass is 479 g/mol. The number of ether oxygens (including phenoxy) is 1. The van der Waals surface area contributed by atoms with E-state index in [2.05, 4.69) is 28.5 Å². The number of amides is 2. The van der Waals surface area contributed by atoms with Crippen molar-refractivity contribution in [1.82, 2.24) is 10.3 Å². The van der Waals surface area contributed by atoms with E-state index in [4.69, 9.17) is 4.74 Å². The van der Waals surface area contributed by atoms with Crippen molar-refractivity contribution in [3.63, 3.8) is 0 Å². The van der Waals surface area contributed by atoms with E-state index in [0.29, 0.717) is 12.8 Å². The van der Waals surface area contributed by atoms with Gasteiger partial charge in [-0.05, 0) is 47.0 Å². The van der Waals surface area contributed by atoms with E-state index in [-0.39, 0.29) is 18.2 Å². The number of allylic oxidation sites excluding steroid dienone is 1. The summed E-state index contributed by atoms with van der Waals surface area (Å²) in [5, 5.41) is 4.08. The molecule has 4 aromatic rings. The molecule has 1 aliphatic heterocycles. The molecule has 1 aromatic heterocycles. The molecule has 1 atom stereocenters. The van der Waals surface area contributed by atoms with Gasteiger partial charge in [-0.15, -0.1) is 0 Å². The maximum absolute atomic E-state index is 13.6. The second-order valence-corrected chi connectivity index (χ2v) is 9.08. The van der Waals surface area contributed by atoms with E-state index in [0.717, 1.165) is 44.7 Å². The van der Waals surface area contributed by atoms with Gasteiger partial charge in [-0.2, -0.15) is 0 Å². The molecule has 2 bridgehead atoms. The zero-order valence-electron chi connectivity index (χ0n) is 20.5. The lowest BCUT2D eigenvalue weighted by Crippen LogP contribution is -2.49. The van der Waals surface area contributed by atoms with Gasteiger partial charge in [-0.25, -0.2) is 0 Å². The lowest BCUT2D eigenvalue weighted by molar-refractivity contribution is -0.127. The predicted molar refractivity (Wildman–Crippen MR) is 143 cm³/mol. The Kier molecular flexibility index (Phi) is 6.58. The van der Waals surface area contributed by atoms with E-state index >= 15 is 0 Å². The quantitative estimate of drug-likeness (QED) is 0.448. The average Bonchev–Trinajstić information content (AvgIpc) is 3.24. The molecule has 6 nitrogen and oxygen atoms in total. The maximum atomic E-state index is 13.6. The minimum atomic E-state index is -0.710. The Morgan fingerprint density at radius 3 is 2.64 bits per heavy atom. The molecule has 36 heavy (non-hydrogen) atoms. The normalized spacial score (nSPS) is 16.6. The number of aromatic nitrogens is 1. The summed E-state index contributed by atoms with van der Waals surface area (Å²) in [5.41, 5.74) is 5.76. The van der Waals surface area contributed by atoms with Crippen LogP contribution < -0.4 is 15.0 Å². The number of carbonyl (C=O) groups is 2. The van der Waals surface area contributed by atoms with Crippen LogP contribution in [0, 0.1) is 0 Å². The van der Waals surface area contributed by atoms with Crippen LogP contribution in [0.2, 0.25) is 0 Å². The first-order valence-corrected chi connectivity index (χ1v) is 12.1. The van der Waals surface area contributed by atoms with E-state index in [1.165, 1.54) is 0 Å². The number of aromatic amines is 1. The van der Waals surface area contributed by atoms with E-state index in [1.54, 1.807) is 19.1 Å². The summed E-state index contributed by atoms with van der Waals surface area (Å²) >= 11 is 0. The highest BCUT2D eigenvalue weighted by molar-refractivity contribution is 6.00. The Hall–Kier alpha value is -4.32. The third-order valence-corrected chi connectivity index (χ3v) is 6.69. The van der Waals surface area contributed by atoms with Crippen LogP contribution in [0.1, 0.15) is 22.4 Å². The highest BCUT2D eigenvalue weighted by atomic mass is 16.5. The fraction of sp³-hybridized carbons (Fsp3) is 0.200. The molecular weight excluding hydrogens is 450 g/mol. The molecule has 5 rings (SSSR count). The van der Waals surface area contributed by atoms with Gasteiger partial charge in [0.1, 0.15) is 11.8 Å². The number of fused-ring (bicyclic) bond motifs is 5. The Morgan fingerprint density at radius 2 is 1.83 bits per heavy atom. The second-order valence-electron chi connectivity index (χ2n) is 9.08. The van der Waals surface area contributed by atoms with Gasteiger partial charge >= 0.3 is 0 Å². The third kappa shape index (κ3) is 4.89. The number of anilines is 1. The largest absolute Gasteiger partial charge is 0.497 e. The van der Waals surface area contributed by atoms with Crippen molar-refractivity contribution in [3.8, 4) is 5.75 Å². The minimum absolute atomic E-state index is 0.177. The van der Waals surface area contributed by atoms with E-state index in [1.807, 2.05) is 66.7 Å². The third-order valence-electron chi connectivity index (χ3n) is 6.69. The van der Waals surface area contributed by atoms with E-state index < -0.39 is 6.04 Å². The van der Waals surface area contributed by atoms with Crippen molar-refractivity contribution in [2.24, 2.45) is 0 Å². The van der Waals surface area contributed by atoms with Crippen LogP contribution >= 0.6 is 0 Å². The Bertz CT molecular complexity index is 1440. The number of likely N-dealkylation sites (N-methyl/N-ethyl adjacent to an activating group) is 1. The summed E-state index contributed by atoms with van der Waals surface area (Å²) in [6.07, 6.45) is 5.48. The first-order valence-electron chi connectivity index (χ1n) is 12.1. The van der Waals surface area contributed by atoms with Crippen LogP contribution in [0.15, 0.2) is 78.9 Å². The summed E-state index contributed by atoms with van der Waals surface area (Å²) in [7, 11) is 3.34. The van der Waals surface area contributed by atoms with Gasteiger partial charge in [0.15, 0.2) is 0 Å². The van der Waals surface area contributed by atoms with Crippen molar-refractivity contribution in [2.75, 3.05) is 19.1 Å². The first-order chi connectivity index (χ1) is 17.5. The molecular formula is C30H29N3O3. The molecule has 182 valence electrons. The number of nitrogens with zero attached hydrogens (tertiary/aromatic N) is 1. The second kappa shape index (κ2) is 10.1. The molecule has 2 heterocycles. The maximum Gasteiger partial charge on any atom is 0.249 e. The number of para-hydroxylation sites is 1. The number of hydrogen-bond donors (Lipinski definition) is 2. The molecule has 3 aromatic carbocycles. The molecule has 0 radical (unpaired) electrons. The van der Waals surface area contributed by atoms with Crippen molar-refractivity contribution < 1.29 is 14.3 Å². The lowest BCUT2D eigenvalue weighted by atomic mass is 10.0. The van der Waals surface area contributed by atoms with Gasteiger partial charge in [0, 0.05) is 42.2 Å². The molecule has 1 aliphatic rings. The van der Waals surface area contributed by atoms with Gasteiger partial charge in [0.25, 0.3) is 0 Å². The number of carbonyl (C=O) groups excluding carboxylic acids is 2. The fourth-order valence-corrected chi connectivity index (χ4v) is 4.78. The molecule has 0 aliphatic carbocycles. The Balaban J connectivity index is 1.50. The highest BCUT2D eigenvalue weighted by Gasteiger charge is 2.26. The molecule has 6 heteroatoms. The zero-order valence-corrected chi connectivity index (χ0v) is 20.5. The molecule has 0 saturated heterocycles. The van der Waals surface area contributed by atoms with Crippen molar-refractivity contribution in [2.45, 2.75) is 25.3 Å². The fourth-order valence-electron chi connectivity index (χ4n) is 4.78. The lowest BCUT2D eigenvalue weighted by Gasteiger charge is -2.25. The minimum Gasteiger partial charge on any atom is -0.497 e. The summed E-state index contributed by atoms with van der Waals surface area (Å²) in [6.45, 7) is 0. The summed E-state index contributed by atoms with van der Waals surface area (Å²) in [5.74, 6) is 0.361. The average molecular weight is 480 g/mol. The number of hydrogen-bond acceptors (Lipinski definition) is 3. The predicted octanol–water partition coefficient (Wildman–Crippen LogP) is 4.68. The van der Waals surface area contributed by atoms with E-state index in [9.17, 15) is 9.59 Å². The number of nitrogens with one attached hydrogen (secondary N) is 2. The summed E-state index contributed by atoms with van der Waals surface area (Å²) in [6, 6.07) is 22.7. The molecule has 0 fully saturated rings. The topological polar surface area (TPSA) is 74.4 Å².